The van der Waals surface area contributed by atoms with Gasteiger partial charge in [0, 0.05) is 6.54 Å². The van der Waals surface area contributed by atoms with Gasteiger partial charge in [-0.15, -0.1) is 0 Å². The van der Waals surface area contributed by atoms with Gasteiger partial charge in [-0.2, -0.15) is 0 Å². The van der Waals surface area contributed by atoms with E-state index in [9.17, 15) is 0 Å². The maximum atomic E-state index is 5.27. The quantitative estimate of drug-likeness (QED) is 0.730. The Balaban J connectivity index is 3.04. The largest absolute Gasteiger partial charge is 0.496 e. The summed E-state index contributed by atoms with van der Waals surface area (Å²) in [6.45, 7) is 5.24. The second-order valence-electron chi connectivity index (χ2n) is 3.91. The average Bonchev–Trinajstić information content (AvgIpc) is 2.13. The van der Waals surface area contributed by atoms with Gasteiger partial charge in [-0.25, -0.2) is 0 Å². The van der Waals surface area contributed by atoms with Crippen molar-refractivity contribution >= 4 is 0 Å². The molecule has 0 spiro atoms. The van der Waals surface area contributed by atoms with E-state index >= 15 is 0 Å². The summed E-state index contributed by atoms with van der Waals surface area (Å²) in [7, 11) is 5.88. The summed E-state index contributed by atoms with van der Waals surface area (Å²) in [5.74, 6) is 0.977. The van der Waals surface area contributed by atoms with Crippen LogP contribution in [0.15, 0.2) is 12.1 Å². The number of methoxy groups -OCH3 is 1. The Morgan fingerprint density at radius 3 is 2.29 bits per heavy atom. The summed E-state index contributed by atoms with van der Waals surface area (Å²) in [5.41, 5.74) is 3.94. The SMILES string of the molecule is COc1ccc(CN(C)C)c(C)c1C. The summed E-state index contributed by atoms with van der Waals surface area (Å²) >= 11 is 0. The molecule has 2 nitrogen and oxygen atoms in total. The van der Waals surface area contributed by atoms with Crippen molar-refractivity contribution in [1.82, 2.24) is 4.90 Å². The number of rotatable bonds is 3. The Hall–Kier alpha value is -1.02. The van der Waals surface area contributed by atoms with E-state index in [2.05, 4.69) is 38.9 Å². The zero-order chi connectivity index (χ0) is 10.7. The minimum Gasteiger partial charge on any atom is -0.496 e. The third kappa shape index (κ3) is 2.26. The first-order valence-corrected chi connectivity index (χ1v) is 4.84. The first-order valence-electron chi connectivity index (χ1n) is 4.84. The van der Waals surface area contributed by atoms with Gasteiger partial charge in [-0.1, -0.05) is 6.07 Å². The molecule has 78 valence electrons. The molecule has 0 fully saturated rings. The third-order valence-electron chi connectivity index (χ3n) is 2.56. The molecule has 0 heterocycles. The number of benzene rings is 1. The number of hydrogen-bond acceptors (Lipinski definition) is 2. The van der Waals surface area contributed by atoms with Gasteiger partial charge in [-0.05, 0) is 50.7 Å². The molecule has 14 heavy (non-hydrogen) atoms. The molecule has 0 aromatic heterocycles. The minimum atomic E-state index is 0.977. The van der Waals surface area contributed by atoms with Gasteiger partial charge in [0.1, 0.15) is 5.75 Å². The molecule has 2 heteroatoms. The van der Waals surface area contributed by atoms with Gasteiger partial charge in [0.2, 0.25) is 0 Å². The second kappa shape index (κ2) is 4.47. The summed E-state index contributed by atoms with van der Waals surface area (Å²) in [6.07, 6.45) is 0. The summed E-state index contributed by atoms with van der Waals surface area (Å²) in [6, 6.07) is 4.18. The van der Waals surface area contributed by atoms with Crippen LogP contribution >= 0.6 is 0 Å². The lowest BCUT2D eigenvalue weighted by Gasteiger charge is -2.15. The molecule has 1 aromatic rings. The fraction of sp³-hybridized carbons (Fsp3) is 0.500. The van der Waals surface area contributed by atoms with Gasteiger partial charge >= 0.3 is 0 Å². The molecule has 0 saturated heterocycles. The lowest BCUT2D eigenvalue weighted by atomic mass is 10.0. The molecule has 0 amide bonds. The van der Waals surface area contributed by atoms with E-state index in [1.165, 1.54) is 16.7 Å². The summed E-state index contributed by atoms with van der Waals surface area (Å²) in [5, 5.41) is 0. The molecular weight excluding hydrogens is 174 g/mol. The highest BCUT2D eigenvalue weighted by Gasteiger charge is 2.06. The van der Waals surface area contributed by atoms with Gasteiger partial charge in [0.25, 0.3) is 0 Å². The van der Waals surface area contributed by atoms with Crippen molar-refractivity contribution in [3.05, 3.63) is 28.8 Å². The Morgan fingerprint density at radius 1 is 1.14 bits per heavy atom. The van der Waals surface area contributed by atoms with Crippen LogP contribution in [0.2, 0.25) is 0 Å². The lowest BCUT2D eigenvalue weighted by molar-refractivity contribution is 0.397. The molecular formula is C12H19NO. The summed E-state index contributed by atoms with van der Waals surface area (Å²) < 4.78 is 5.27. The number of hydrogen-bond donors (Lipinski definition) is 0. The molecule has 0 saturated carbocycles. The zero-order valence-electron chi connectivity index (χ0n) is 9.72. The highest BCUT2D eigenvalue weighted by atomic mass is 16.5. The Kier molecular flexibility index (Phi) is 3.53. The van der Waals surface area contributed by atoms with Crippen molar-refractivity contribution < 1.29 is 4.74 Å². The normalized spacial score (nSPS) is 10.7. The van der Waals surface area contributed by atoms with Crippen LogP contribution in [-0.4, -0.2) is 26.1 Å². The third-order valence-corrected chi connectivity index (χ3v) is 2.56. The molecule has 1 aromatic carbocycles. The maximum absolute atomic E-state index is 5.27. The monoisotopic (exact) mass is 193 g/mol. The fourth-order valence-electron chi connectivity index (χ4n) is 1.59. The molecule has 0 aliphatic rings. The molecule has 0 radical (unpaired) electrons. The Bertz CT molecular complexity index is 318. The van der Waals surface area contributed by atoms with E-state index in [-0.39, 0.29) is 0 Å². The fourth-order valence-corrected chi connectivity index (χ4v) is 1.59. The van der Waals surface area contributed by atoms with E-state index in [1.807, 2.05) is 6.07 Å². The molecule has 0 unspecified atom stereocenters. The molecule has 0 aliphatic carbocycles. The van der Waals surface area contributed by atoms with E-state index in [1.54, 1.807) is 7.11 Å². The van der Waals surface area contributed by atoms with Crippen LogP contribution in [0.5, 0.6) is 5.75 Å². The van der Waals surface area contributed by atoms with Crippen molar-refractivity contribution in [3.63, 3.8) is 0 Å². The van der Waals surface area contributed by atoms with E-state index < -0.39 is 0 Å². The topological polar surface area (TPSA) is 12.5 Å². The second-order valence-corrected chi connectivity index (χ2v) is 3.91. The zero-order valence-corrected chi connectivity index (χ0v) is 9.72. The van der Waals surface area contributed by atoms with Crippen LogP contribution in [0, 0.1) is 13.8 Å². The van der Waals surface area contributed by atoms with Gasteiger partial charge in [0.05, 0.1) is 7.11 Å². The van der Waals surface area contributed by atoms with Crippen molar-refractivity contribution in [2.24, 2.45) is 0 Å². The molecule has 1 rings (SSSR count). The van der Waals surface area contributed by atoms with Crippen LogP contribution in [0.25, 0.3) is 0 Å². The van der Waals surface area contributed by atoms with Crippen LogP contribution in [0.3, 0.4) is 0 Å². The van der Waals surface area contributed by atoms with E-state index in [0.29, 0.717) is 0 Å². The van der Waals surface area contributed by atoms with Crippen LogP contribution < -0.4 is 4.74 Å². The highest BCUT2D eigenvalue weighted by Crippen LogP contribution is 2.24. The van der Waals surface area contributed by atoms with Gasteiger partial charge < -0.3 is 9.64 Å². The molecule has 0 N–H and O–H groups in total. The first-order chi connectivity index (χ1) is 6.56. The average molecular weight is 193 g/mol. The van der Waals surface area contributed by atoms with Gasteiger partial charge in [0.15, 0.2) is 0 Å². The predicted molar refractivity (Wildman–Crippen MR) is 59.9 cm³/mol. The lowest BCUT2D eigenvalue weighted by Crippen LogP contribution is -2.12. The standard InChI is InChI=1S/C12H19NO/c1-9-10(2)12(14-5)7-6-11(9)8-13(3)4/h6-7H,8H2,1-5H3. The number of nitrogens with zero attached hydrogens (tertiary/aromatic N) is 1. The Labute approximate surface area is 86.5 Å². The Morgan fingerprint density at radius 2 is 1.79 bits per heavy atom. The van der Waals surface area contributed by atoms with Crippen molar-refractivity contribution in [2.75, 3.05) is 21.2 Å². The van der Waals surface area contributed by atoms with Crippen LogP contribution in [-0.2, 0) is 6.54 Å². The van der Waals surface area contributed by atoms with Gasteiger partial charge in [-0.3, -0.25) is 0 Å². The smallest absolute Gasteiger partial charge is 0.122 e. The predicted octanol–water partition coefficient (Wildman–Crippen LogP) is 2.37. The highest BCUT2D eigenvalue weighted by molar-refractivity contribution is 5.43. The number of ether oxygens (including phenoxy) is 1. The maximum Gasteiger partial charge on any atom is 0.122 e. The van der Waals surface area contributed by atoms with E-state index in [0.717, 1.165) is 12.3 Å². The van der Waals surface area contributed by atoms with Crippen LogP contribution in [0.4, 0.5) is 0 Å². The minimum absolute atomic E-state index is 0.977. The van der Waals surface area contributed by atoms with Crippen molar-refractivity contribution in [1.29, 1.82) is 0 Å². The van der Waals surface area contributed by atoms with Crippen molar-refractivity contribution in [2.45, 2.75) is 20.4 Å². The van der Waals surface area contributed by atoms with Crippen LogP contribution in [0.1, 0.15) is 16.7 Å². The molecule has 0 bridgehead atoms. The summed E-state index contributed by atoms with van der Waals surface area (Å²) in [4.78, 5) is 2.17. The molecule has 0 atom stereocenters. The van der Waals surface area contributed by atoms with Crippen molar-refractivity contribution in [3.8, 4) is 5.75 Å². The first kappa shape index (κ1) is 11.1. The molecule has 0 aliphatic heterocycles. The van der Waals surface area contributed by atoms with E-state index in [4.69, 9.17) is 4.74 Å².